The Morgan fingerprint density at radius 1 is 0.970 bits per heavy atom. The van der Waals surface area contributed by atoms with Crippen LogP contribution in [0, 0.1) is 0 Å². The second-order valence-electron chi connectivity index (χ2n) is 8.95. The van der Waals surface area contributed by atoms with Gasteiger partial charge in [0.05, 0.1) is 19.8 Å². The summed E-state index contributed by atoms with van der Waals surface area (Å²) in [5.74, 6) is 1.27. The van der Waals surface area contributed by atoms with Gasteiger partial charge in [-0.2, -0.15) is 0 Å². The number of carbonyl (C=O) groups is 1. The number of anilines is 2. The van der Waals surface area contributed by atoms with Crippen LogP contribution in [0.2, 0.25) is 0 Å². The first-order valence-corrected chi connectivity index (χ1v) is 11.4. The van der Waals surface area contributed by atoms with E-state index < -0.39 is 11.6 Å². The van der Waals surface area contributed by atoms with E-state index in [0.29, 0.717) is 32.5 Å². The smallest absolute Gasteiger partial charge is 0.236 e. The van der Waals surface area contributed by atoms with Crippen molar-refractivity contribution in [1.82, 2.24) is 4.90 Å². The minimum atomic E-state index is -0.842. The Bertz CT molecular complexity index is 944. The molecular weight excluding hydrogens is 420 g/mol. The number of nitrogens with two attached hydrogens (primary N) is 1. The fourth-order valence-corrected chi connectivity index (χ4v) is 4.83. The molecule has 2 aliphatic rings. The molecule has 2 aromatic carbocycles. The standard InChI is InChI=1S/C25H34N4O4/c1-32-21-8-6-19(7-9-21)28-14-15-29(23(17-28)24(26)30)18-25(31)10-12-27(13-11-25)20-4-3-5-22(16-20)33-2/h3-9,16,23,31H,10-15,17-18H2,1-2H3,(H2,26,30). The van der Waals surface area contributed by atoms with Gasteiger partial charge in [0.2, 0.25) is 5.91 Å². The molecule has 8 nitrogen and oxygen atoms in total. The monoisotopic (exact) mass is 454 g/mol. The van der Waals surface area contributed by atoms with Crippen LogP contribution < -0.4 is 25.0 Å². The zero-order valence-electron chi connectivity index (χ0n) is 19.4. The lowest BCUT2D eigenvalue weighted by atomic mass is 9.89. The number of benzene rings is 2. The minimum Gasteiger partial charge on any atom is -0.497 e. The Balaban J connectivity index is 1.38. The van der Waals surface area contributed by atoms with E-state index in [9.17, 15) is 9.90 Å². The van der Waals surface area contributed by atoms with Crippen molar-refractivity contribution in [3.63, 3.8) is 0 Å². The summed E-state index contributed by atoms with van der Waals surface area (Å²) in [5, 5.41) is 11.4. The maximum absolute atomic E-state index is 12.3. The van der Waals surface area contributed by atoms with Gasteiger partial charge < -0.3 is 30.1 Å². The summed E-state index contributed by atoms with van der Waals surface area (Å²) in [6.07, 6.45) is 1.27. The van der Waals surface area contributed by atoms with E-state index in [-0.39, 0.29) is 5.91 Å². The summed E-state index contributed by atoms with van der Waals surface area (Å²) in [6.45, 7) is 3.88. The average molecular weight is 455 g/mol. The van der Waals surface area contributed by atoms with Crippen molar-refractivity contribution in [1.29, 1.82) is 0 Å². The van der Waals surface area contributed by atoms with Gasteiger partial charge in [-0.15, -0.1) is 0 Å². The second-order valence-corrected chi connectivity index (χ2v) is 8.95. The molecule has 1 unspecified atom stereocenters. The summed E-state index contributed by atoms with van der Waals surface area (Å²) in [6, 6.07) is 15.4. The third-order valence-electron chi connectivity index (χ3n) is 6.87. The van der Waals surface area contributed by atoms with E-state index in [1.807, 2.05) is 42.5 Å². The number of hydrogen-bond donors (Lipinski definition) is 2. The second kappa shape index (κ2) is 9.89. The number of amides is 1. The van der Waals surface area contributed by atoms with Gasteiger partial charge in [-0.3, -0.25) is 9.69 Å². The van der Waals surface area contributed by atoms with Gasteiger partial charge in [0, 0.05) is 56.7 Å². The number of primary amides is 1. The molecule has 0 aliphatic carbocycles. The molecule has 0 bridgehead atoms. The lowest BCUT2D eigenvalue weighted by Crippen LogP contribution is -2.62. The van der Waals surface area contributed by atoms with Crippen LogP contribution >= 0.6 is 0 Å². The maximum Gasteiger partial charge on any atom is 0.236 e. The van der Waals surface area contributed by atoms with Gasteiger partial charge in [-0.25, -0.2) is 0 Å². The van der Waals surface area contributed by atoms with Crippen LogP contribution in [0.15, 0.2) is 48.5 Å². The molecule has 1 amide bonds. The molecule has 0 spiro atoms. The van der Waals surface area contributed by atoms with Crippen molar-refractivity contribution in [2.75, 3.05) is 63.3 Å². The zero-order valence-corrected chi connectivity index (χ0v) is 19.4. The van der Waals surface area contributed by atoms with Crippen LogP contribution in [-0.2, 0) is 4.79 Å². The van der Waals surface area contributed by atoms with Crippen molar-refractivity contribution in [2.45, 2.75) is 24.5 Å². The molecule has 178 valence electrons. The molecule has 2 aromatic rings. The fourth-order valence-electron chi connectivity index (χ4n) is 4.83. The number of piperazine rings is 1. The Morgan fingerprint density at radius 2 is 1.67 bits per heavy atom. The van der Waals surface area contributed by atoms with E-state index in [4.69, 9.17) is 15.2 Å². The first-order chi connectivity index (χ1) is 15.9. The van der Waals surface area contributed by atoms with Gasteiger partial charge >= 0.3 is 0 Å². The Hall–Kier alpha value is -2.97. The Kier molecular flexibility index (Phi) is 6.95. The summed E-state index contributed by atoms with van der Waals surface area (Å²) in [7, 11) is 3.31. The normalized spacial score (nSPS) is 21.0. The molecule has 2 aliphatic heterocycles. The number of ether oxygens (including phenoxy) is 2. The van der Waals surface area contributed by atoms with Crippen molar-refractivity contribution in [2.24, 2.45) is 5.73 Å². The zero-order chi connectivity index (χ0) is 23.4. The molecular formula is C25H34N4O4. The van der Waals surface area contributed by atoms with E-state index in [0.717, 1.165) is 42.5 Å². The molecule has 2 fully saturated rings. The molecule has 2 saturated heterocycles. The number of rotatable bonds is 7. The largest absolute Gasteiger partial charge is 0.497 e. The highest BCUT2D eigenvalue weighted by molar-refractivity contribution is 5.81. The van der Waals surface area contributed by atoms with Crippen LogP contribution in [0.1, 0.15) is 12.8 Å². The number of carbonyl (C=O) groups excluding carboxylic acids is 1. The van der Waals surface area contributed by atoms with Crippen molar-refractivity contribution in [3.05, 3.63) is 48.5 Å². The van der Waals surface area contributed by atoms with E-state index in [1.165, 1.54) is 0 Å². The van der Waals surface area contributed by atoms with Crippen LogP contribution in [0.4, 0.5) is 11.4 Å². The number of methoxy groups -OCH3 is 2. The van der Waals surface area contributed by atoms with Crippen LogP contribution in [0.3, 0.4) is 0 Å². The molecule has 0 aromatic heterocycles. The number of piperidine rings is 1. The van der Waals surface area contributed by atoms with Crippen molar-refractivity contribution in [3.8, 4) is 11.5 Å². The molecule has 1 atom stereocenters. The fraction of sp³-hybridized carbons (Fsp3) is 0.480. The number of hydrogen-bond acceptors (Lipinski definition) is 7. The Morgan fingerprint density at radius 3 is 2.30 bits per heavy atom. The van der Waals surface area contributed by atoms with Gasteiger partial charge in [0.15, 0.2) is 0 Å². The van der Waals surface area contributed by atoms with Crippen LogP contribution in [0.5, 0.6) is 11.5 Å². The highest BCUT2D eigenvalue weighted by Crippen LogP contribution is 2.30. The summed E-state index contributed by atoms with van der Waals surface area (Å²) in [4.78, 5) is 18.8. The topological polar surface area (TPSA) is 91.5 Å². The third-order valence-corrected chi connectivity index (χ3v) is 6.87. The number of aliphatic hydroxyl groups is 1. The number of β-amino-alcohol motifs (C(OH)–C–C–N with tert-alkyl or cyclic N) is 1. The summed E-state index contributed by atoms with van der Waals surface area (Å²) >= 11 is 0. The molecule has 0 radical (unpaired) electrons. The van der Waals surface area contributed by atoms with E-state index >= 15 is 0 Å². The average Bonchev–Trinajstić information content (AvgIpc) is 2.84. The molecule has 33 heavy (non-hydrogen) atoms. The lowest BCUT2D eigenvalue weighted by molar-refractivity contribution is -0.125. The molecule has 8 heteroatoms. The summed E-state index contributed by atoms with van der Waals surface area (Å²) < 4.78 is 10.6. The van der Waals surface area contributed by atoms with Gasteiger partial charge in [0.1, 0.15) is 17.5 Å². The van der Waals surface area contributed by atoms with Crippen molar-refractivity contribution < 1.29 is 19.4 Å². The highest BCUT2D eigenvalue weighted by Gasteiger charge is 2.39. The first kappa shape index (κ1) is 23.2. The van der Waals surface area contributed by atoms with Crippen molar-refractivity contribution >= 4 is 17.3 Å². The predicted molar refractivity (Wildman–Crippen MR) is 129 cm³/mol. The van der Waals surface area contributed by atoms with Gasteiger partial charge in [-0.1, -0.05) is 6.07 Å². The molecule has 2 heterocycles. The van der Waals surface area contributed by atoms with E-state index in [1.54, 1.807) is 14.2 Å². The minimum absolute atomic E-state index is 0.356. The SMILES string of the molecule is COc1ccc(N2CCN(CC3(O)CCN(c4cccc(OC)c4)CC3)C(C(N)=O)C2)cc1. The quantitative estimate of drug-likeness (QED) is 0.658. The Labute approximate surface area is 195 Å². The molecule has 4 rings (SSSR count). The van der Waals surface area contributed by atoms with E-state index in [2.05, 4.69) is 20.8 Å². The van der Waals surface area contributed by atoms with Gasteiger partial charge in [0.25, 0.3) is 0 Å². The first-order valence-electron chi connectivity index (χ1n) is 11.4. The van der Waals surface area contributed by atoms with Crippen LogP contribution in [-0.4, -0.2) is 81.0 Å². The molecule has 0 saturated carbocycles. The van der Waals surface area contributed by atoms with Gasteiger partial charge in [-0.05, 0) is 49.2 Å². The summed E-state index contributed by atoms with van der Waals surface area (Å²) in [5.41, 5.74) is 7.08. The van der Waals surface area contributed by atoms with Crippen LogP contribution in [0.25, 0.3) is 0 Å². The third kappa shape index (κ3) is 5.34. The molecule has 3 N–H and O–H groups in total. The lowest BCUT2D eigenvalue weighted by Gasteiger charge is -2.46. The predicted octanol–water partition coefficient (Wildman–Crippen LogP) is 1.71. The number of nitrogens with zero attached hydrogens (tertiary/aromatic N) is 3. The highest BCUT2D eigenvalue weighted by atomic mass is 16.5. The maximum atomic E-state index is 12.3.